The van der Waals surface area contributed by atoms with Crippen molar-refractivity contribution in [1.29, 1.82) is 0 Å². The van der Waals surface area contributed by atoms with Crippen LogP contribution in [-0.2, 0) is 0 Å². The number of hydrogen-bond acceptors (Lipinski definition) is 5. The Hall–Kier alpha value is -1.36. The molecule has 1 unspecified atom stereocenters. The third kappa shape index (κ3) is 4.02. The van der Waals surface area contributed by atoms with Crippen LogP contribution in [0.25, 0.3) is 0 Å². The maximum absolute atomic E-state index is 5.09. The van der Waals surface area contributed by atoms with E-state index in [0.29, 0.717) is 17.6 Å². The van der Waals surface area contributed by atoms with Gasteiger partial charge in [-0.05, 0) is 26.4 Å². The van der Waals surface area contributed by atoms with Crippen molar-refractivity contribution in [1.82, 2.24) is 15.3 Å². The standard InChI is InChI=1S/C11H20N4O/c1-8(6-12-3)7-13-10-5-11(16-4)15-9(2)14-10/h5,8,12H,6-7H2,1-4H3,(H,13,14,15). The van der Waals surface area contributed by atoms with Crippen LogP contribution in [0.2, 0.25) is 0 Å². The molecule has 0 aliphatic carbocycles. The van der Waals surface area contributed by atoms with Gasteiger partial charge in [0.25, 0.3) is 0 Å². The lowest BCUT2D eigenvalue weighted by Crippen LogP contribution is -2.23. The number of aryl methyl sites for hydroxylation is 1. The first-order valence-corrected chi connectivity index (χ1v) is 5.44. The molecule has 0 aromatic carbocycles. The summed E-state index contributed by atoms with van der Waals surface area (Å²) in [5, 5.41) is 6.41. The average Bonchev–Trinajstić information content (AvgIpc) is 2.26. The van der Waals surface area contributed by atoms with Crippen LogP contribution in [0.15, 0.2) is 6.07 Å². The molecule has 16 heavy (non-hydrogen) atoms. The molecule has 0 saturated heterocycles. The summed E-state index contributed by atoms with van der Waals surface area (Å²) in [7, 11) is 3.56. The van der Waals surface area contributed by atoms with Crippen molar-refractivity contribution in [3.05, 3.63) is 11.9 Å². The van der Waals surface area contributed by atoms with Crippen LogP contribution in [-0.4, -0.2) is 37.2 Å². The largest absolute Gasteiger partial charge is 0.481 e. The number of aromatic nitrogens is 2. The Bertz CT molecular complexity index is 330. The first kappa shape index (κ1) is 12.7. The topological polar surface area (TPSA) is 59.1 Å². The van der Waals surface area contributed by atoms with Crippen LogP contribution in [0.5, 0.6) is 5.88 Å². The third-order valence-corrected chi connectivity index (χ3v) is 2.21. The van der Waals surface area contributed by atoms with E-state index in [1.54, 1.807) is 13.2 Å². The third-order valence-electron chi connectivity index (χ3n) is 2.21. The molecule has 0 radical (unpaired) electrons. The second kappa shape index (κ2) is 6.27. The lowest BCUT2D eigenvalue weighted by Gasteiger charge is -2.13. The van der Waals surface area contributed by atoms with E-state index in [1.165, 1.54) is 0 Å². The minimum absolute atomic E-state index is 0.547. The van der Waals surface area contributed by atoms with Gasteiger partial charge in [-0.2, -0.15) is 4.98 Å². The van der Waals surface area contributed by atoms with E-state index in [2.05, 4.69) is 27.5 Å². The first-order chi connectivity index (χ1) is 7.65. The maximum Gasteiger partial charge on any atom is 0.218 e. The Balaban J connectivity index is 2.56. The predicted octanol–water partition coefficient (Wildman–Crippen LogP) is 1.06. The smallest absolute Gasteiger partial charge is 0.218 e. The molecular weight excluding hydrogens is 204 g/mol. The van der Waals surface area contributed by atoms with E-state index in [-0.39, 0.29) is 0 Å². The molecular formula is C11H20N4O. The number of anilines is 1. The molecule has 0 aliphatic heterocycles. The Kier molecular flexibility index (Phi) is 4.98. The van der Waals surface area contributed by atoms with Crippen LogP contribution in [0.3, 0.4) is 0 Å². The molecule has 1 aromatic heterocycles. The van der Waals surface area contributed by atoms with Gasteiger partial charge in [-0.3, -0.25) is 0 Å². The van der Waals surface area contributed by atoms with Crippen molar-refractivity contribution in [2.45, 2.75) is 13.8 Å². The van der Waals surface area contributed by atoms with E-state index in [0.717, 1.165) is 18.9 Å². The number of hydrogen-bond donors (Lipinski definition) is 2. The van der Waals surface area contributed by atoms with Gasteiger partial charge >= 0.3 is 0 Å². The Morgan fingerprint density at radius 2 is 2.12 bits per heavy atom. The number of rotatable bonds is 6. The fraction of sp³-hybridized carbons (Fsp3) is 0.636. The Morgan fingerprint density at radius 1 is 1.38 bits per heavy atom. The van der Waals surface area contributed by atoms with Crippen molar-refractivity contribution < 1.29 is 4.74 Å². The molecule has 1 heterocycles. The van der Waals surface area contributed by atoms with Crippen molar-refractivity contribution >= 4 is 5.82 Å². The lowest BCUT2D eigenvalue weighted by molar-refractivity contribution is 0.396. The fourth-order valence-corrected chi connectivity index (χ4v) is 1.43. The van der Waals surface area contributed by atoms with E-state index >= 15 is 0 Å². The van der Waals surface area contributed by atoms with Crippen LogP contribution in [0.4, 0.5) is 5.82 Å². The normalized spacial score (nSPS) is 12.2. The molecule has 1 aromatic rings. The predicted molar refractivity (Wildman–Crippen MR) is 64.9 cm³/mol. The summed E-state index contributed by atoms with van der Waals surface area (Å²) < 4.78 is 5.09. The summed E-state index contributed by atoms with van der Waals surface area (Å²) in [4.78, 5) is 8.42. The minimum Gasteiger partial charge on any atom is -0.481 e. The highest BCUT2D eigenvalue weighted by atomic mass is 16.5. The lowest BCUT2D eigenvalue weighted by atomic mass is 10.2. The summed E-state index contributed by atoms with van der Waals surface area (Å²) in [5.41, 5.74) is 0. The van der Waals surface area contributed by atoms with Gasteiger partial charge < -0.3 is 15.4 Å². The zero-order chi connectivity index (χ0) is 12.0. The van der Waals surface area contributed by atoms with Gasteiger partial charge in [0.1, 0.15) is 11.6 Å². The quantitative estimate of drug-likeness (QED) is 0.756. The molecule has 0 bridgehead atoms. The summed E-state index contributed by atoms with van der Waals surface area (Å²) in [6.07, 6.45) is 0. The van der Waals surface area contributed by atoms with Crippen molar-refractivity contribution in [3.63, 3.8) is 0 Å². The molecule has 2 N–H and O–H groups in total. The molecule has 0 saturated carbocycles. The molecule has 5 nitrogen and oxygen atoms in total. The highest BCUT2D eigenvalue weighted by molar-refractivity contribution is 5.38. The molecule has 0 fully saturated rings. The molecule has 0 spiro atoms. The summed E-state index contributed by atoms with van der Waals surface area (Å²) in [5.74, 6) is 2.66. The van der Waals surface area contributed by atoms with Gasteiger partial charge in [0.15, 0.2) is 0 Å². The van der Waals surface area contributed by atoms with E-state index in [1.807, 2.05) is 14.0 Å². The number of methoxy groups -OCH3 is 1. The second-order valence-corrected chi connectivity index (χ2v) is 3.89. The number of nitrogens with zero attached hydrogens (tertiary/aromatic N) is 2. The summed E-state index contributed by atoms with van der Waals surface area (Å²) in [6.45, 7) is 5.88. The van der Waals surface area contributed by atoms with Gasteiger partial charge in [-0.25, -0.2) is 4.98 Å². The second-order valence-electron chi connectivity index (χ2n) is 3.89. The van der Waals surface area contributed by atoms with E-state index in [4.69, 9.17) is 4.74 Å². The Morgan fingerprint density at radius 3 is 2.75 bits per heavy atom. The van der Waals surface area contributed by atoms with Crippen LogP contribution in [0, 0.1) is 12.8 Å². The van der Waals surface area contributed by atoms with Crippen LogP contribution >= 0.6 is 0 Å². The highest BCUT2D eigenvalue weighted by Gasteiger charge is 2.04. The van der Waals surface area contributed by atoms with Crippen molar-refractivity contribution in [2.75, 3.05) is 32.6 Å². The van der Waals surface area contributed by atoms with Gasteiger partial charge in [0.05, 0.1) is 7.11 Å². The van der Waals surface area contributed by atoms with E-state index < -0.39 is 0 Å². The van der Waals surface area contributed by atoms with Gasteiger partial charge in [-0.15, -0.1) is 0 Å². The van der Waals surface area contributed by atoms with Crippen LogP contribution < -0.4 is 15.4 Å². The van der Waals surface area contributed by atoms with E-state index in [9.17, 15) is 0 Å². The van der Waals surface area contributed by atoms with Crippen molar-refractivity contribution in [3.8, 4) is 5.88 Å². The minimum atomic E-state index is 0.547. The summed E-state index contributed by atoms with van der Waals surface area (Å²) >= 11 is 0. The molecule has 1 rings (SSSR count). The molecule has 90 valence electrons. The summed E-state index contributed by atoms with van der Waals surface area (Å²) in [6, 6.07) is 1.80. The zero-order valence-electron chi connectivity index (χ0n) is 10.4. The highest BCUT2D eigenvalue weighted by Crippen LogP contribution is 2.12. The first-order valence-electron chi connectivity index (χ1n) is 5.44. The maximum atomic E-state index is 5.09. The fourth-order valence-electron chi connectivity index (χ4n) is 1.43. The van der Waals surface area contributed by atoms with Crippen molar-refractivity contribution in [2.24, 2.45) is 5.92 Å². The van der Waals surface area contributed by atoms with Gasteiger partial charge in [0, 0.05) is 12.6 Å². The average molecular weight is 224 g/mol. The molecule has 0 amide bonds. The van der Waals surface area contributed by atoms with Gasteiger partial charge in [-0.1, -0.05) is 6.92 Å². The number of nitrogens with one attached hydrogen (secondary N) is 2. The Labute approximate surface area is 96.6 Å². The monoisotopic (exact) mass is 224 g/mol. The van der Waals surface area contributed by atoms with Gasteiger partial charge in [0.2, 0.25) is 5.88 Å². The zero-order valence-corrected chi connectivity index (χ0v) is 10.4. The molecule has 0 aliphatic rings. The number of ether oxygens (including phenoxy) is 1. The molecule has 1 atom stereocenters. The molecule has 5 heteroatoms. The SMILES string of the molecule is CNCC(C)CNc1cc(OC)nc(C)n1. The van der Waals surface area contributed by atoms with Crippen LogP contribution in [0.1, 0.15) is 12.7 Å².